The average Bonchev–Trinajstić information content (AvgIpc) is 2.79. The Morgan fingerprint density at radius 1 is 1.53 bits per heavy atom. The molecule has 6 heteroatoms. The lowest BCUT2D eigenvalue weighted by Gasteiger charge is -2.09. The number of hydrogen-bond acceptors (Lipinski definition) is 4. The maximum atomic E-state index is 12.2. The summed E-state index contributed by atoms with van der Waals surface area (Å²) in [6.45, 7) is 2.83. The zero-order chi connectivity index (χ0) is 14.0. The van der Waals surface area contributed by atoms with Crippen LogP contribution in [0, 0.1) is 0 Å². The molecule has 0 aliphatic carbocycles. The predicted molar refractivity (Wildman–Crippen MR) is 77.3 cm³/mol. The highest BCUT2D eigenvalue weighted by atomic mass is 35.5. The fourth-order valence-corrected chi connectivity index (χ4v) is 3.11. The zero-order valence-corrected chi connectivity index (χ0v) is 12.3. The van der Waals surface area contributed by atoms with Crippen molar-refractivity contribution in [2.75, 3.05) is 7.11 Å². The second kappa shape index (κ2) is 5.75. The number of ether oxygens (including phenoxy) is 1. The summed E-state index contributed by atoms with van der Waals surface area (Å²) >= 11 is 7.32. The molecule has 0 unspecified atom stereocenters. The van der Waals surface area contributed by atoms with E-state index in [2.05, 4.69) is 11.7 Å². The number of carbonyl (C=O) groups is 1. The molecule has 4 nitrogen and oxygen atoms in total. The second-order valence-electron chi connectivity index (χ2n) is 4.18. The smallest absolute Gasteiger partial charge is 0.343 e. The van der Waals surface area contributed by atoms with Crippen molar-refractivity contribution in [3.63, 3.8) is 0 Å². The maximum Gasteiger partial charge on any atom is 0.343 e. The molecule has 19 heavy (non-hydrogen) atoms. The molecule has 0 saturated carbocycles. The van der Waals surface area contributed by atoms with Gasteiger partial charge in [0.25, 0.3) is 0 Å². The van der Waals surface area contributed by atoms with Crippen molar-refractivity contribution in [1.29, 1.82) is 0 Å². The Hall–Kier alpha value is -1.33. The van der Waals surface area contributed by atoms with Gasteiger partial charge in [0.15, 0.2) is 0 Å². The Kier molecular flexibility index (Phi) is 4.27. The van der Waals surface area contributed by atoms with E-state index >= 15 is 0 Å². The van der Waals surface area contributed by atoms with Crippen molar-refractivity contribution in [2.45, 2.75) is 26.3 Å². The SMILES string of the molecule is CCCCn1cc(C(=O)OC)c(=O)c2cc(Cl)sc21. The fourth-order valence-electron chi connectivity index (χ4n) is 1.90. The lowest BCUT2D eigenvalue weighted by Crippen LogP contribution is -2.19. The molecule has 0 aliphatic heterocycles. The highest BCUT2D eigenvalue weighted by molar-refractivity contribution is 7.22. The van der Waals surface area contributed by atoms with E-state index in [1.807, 2.05) is 4.57 Å². The molecule has 2 aromatic rings. The molecular formula is C13H14ClNO3S. The molecule has 0 bridgehead atoms. The first-order valence-corrected chi connectivity index (χ1v) is 7.18. The minimum Gasteiger partial charge on any atom is -0.465 e. The van der Waals surface area contributed by atoms with Gasteiger partial charge in [-0.3, -0.25) is 4.79 Å². The van der Waals surface area contributed by atoms with E-state index in [0.717, 1.165) is 24.2 Å². The molecular weight excluding hydrogens is 286 g/mol. The minimum absolute atomic E-state index is 0.0561. The quantitative estimate of drug-likeness (QED) is 0.814. The van der Waals surface area contributed by atoms with Crippen molar-refractivity contribution < 1.29 is 9.53 Å². The van der Waals surface area contributed by atoms with E-state index < -0.39 is 5.97 Å². The summed E-state index contributed by atoms with van der Waals surface area (Å²) in [4.78, 5) is 24.6. The lowest BCUT2D eigenvalue weighted by atomic mass is 10.2. The van der Waals surface area contributed by atoms with E-state index in [0.29, 0.717) is 9.72 Å². The molecule has 0 spiro atoms. The first-order valence-electron chi connectivity index (χ1n) is 5.99. The van der Waals surface area contributed by atoms with Gasteiger partial charge in [-0.1, -0.05) is 24.9 Å². The second-order valence-corrected chi connectivity index (χ2v) is 5.84. The zero-order valence-electron chi connectivity index (χ0n) is 10.7. The number of aromatic nitrogens is 1. The van der Waals surface area contributed by atoms with Crippen molar-refractivity contribution in [3.05, 3.63) is 32.4 Å². The summed E-state index contributed by atoms with van der Waals surface area (Å²) in [6.07, 6.45) is 3.56. The molecule has 0 fully saturated rings. The molecule has 0 atom stereocenters. The third kappa shape index (κ3) is 2.67. The summed E-state index contributed by atoms with van der Waals surface area (Å²) in [5.74, 6) is -0.612. The van der Waals surface area contributed by atoms with Gasteiger partial charge in [0.1, 0.15) is 10.4 Å². The van der Waals surface area contributed by atoms with E-state index in [1.54, 1.807) is 12.3 Å². The van der Waals surface area contributed by atoms with Crippen LogP contribution < -0.4 is 5.43 Å². The van der Waals surface area contributed by atoms with Crippen LogP contribution in [0.4, 0.5) is 0 Å². The van der Waals surface area contributed by atoms with Crippen LogP contribution in [0.5, 0.6) is 0 Å². The van der Waals surface area contributed by atoms with Gasteiger partial charge in [0.2, 0.25) is 5.43 Å². The third-order valence-electron chi connectivity index (χ3n) is 2.88. The maximum absolute atomic E-state index is 12.2. The van der Waals surface area contributed by atoms with Crippen molar-refractivity contribution in [1.82, 2.24) is 4.57 Å². The molecule has 0 N–H and O–H groups in total. The van der Waals surface area contributed by atoms with Crippen molar-refractivity contribution >= 4 is 39.1 Å². The summed E-state index contributed by atoms with van der Waals surface area (Å²) in [5, 5.41) is 0.481. The van der Waals surface area contributed by atoms with Gasteiger partial charge >= 0.3 is 5.97 Å². The number of hydrogen-bond donors (Lipinski definition) is 0. The van der Waals surface area contributed by atoms with Crippen molar-refractivity contribution in [3.8, 4) is 0 Å². The van der Waals surface area contributed by atoms with Crippen LogP contribution in [-0.4, -0.2) is 17.6 Å². The highest BCUT2D eigenvalue weighted by Gasteiger charge is 2.17. The molecule has 0 aromatic carbocycles. The Bertz CT molecular complexity index is 674. The van der Waals surface area contributed by atoms with E-state index in [9.17, 15) is 9.59 Å². The number of thiophene rings is 1. The van der Waals surface area contributed by atoms with Crippen molar-refractivity contribution in [2.24, 2.45) is 0 Å². The first-order chi connectivity index (χ1) is 9.08. The Labute approximate surface area is 119 Å². The molecule has 0 saturated heterocycles. The topological polar surface area (TPSA) is 48.3 Å². The number of aryl methyl sites for hydroxylation is 1. The van der Waals surface area contributed by atoms with Gasteiger partial charge in [-0.05, 0) is 12.5 Å². The van der Waals surface area contributed by atoms with E-state index in [-0.39, 0.29) is 11.0 Å². The molecule has 0 amide bonds. The van der Waals surface area contributed by atoms with Gasteiger partial charge in [-0.25, -0.2) is 4.79 Å². The number of nitrogens with zero attached hydrogens (tertiary/aromatic N) is 1. The number of methoxy groups -OCH3 is 1. The predicted octanol–water partition coefficient (Wildman–Crippen LogP) is 3.30. The summed E-state index contributed by atoms with van der Waals surface area (Å²) < 4.78 is 7.10. The summed E-state index contributed by atoms with van der Waals surface area (Å²) in [7, 11) is 1.27. The number of pyridine rings is 1. The third-order valence-corrected chi connectivity index (χ3v) is 4.18. The molecule has 0 aliphatic rings. The summed E-state index contributed by atoms with van der Waals surface area (Å²) in [6, 6.07) is 1.61. The minimum atomic E-state index is -0.612. The fraction of sp³-hybridized carbons (Fsp3) is 0.385. The number of unbranched alkanes of at least 4 members (excludes halogenated alkanes) is 1. The number of halogens is 1. The van der Waals surface area contributed by atoms with Gasteiger partial charge < -0.3 is 9.30 Å². The monoisotopic (exact) mass is 299 g/mol. The van der Waals surface area contributed by atoms with Gasteiger partial charge in [0.05, 0.1) is 16.8 Å². The van der Waals surface area contributed by atoms with Crippen LogP contribution in [0.25, 0.3) is 10.2 Å². The largest absolute Gasteiger partial charge is 0.465 e. The van der Waals surface area contributed by atoms with Gasteiger partial charge in [0, 0.05) is 12.7 Å². The van der Waals surface area contributed by atoms with Crippen LogP contribution in [-0.2, 0) is 11.3 Å². The Balaban J connectivity index is 2.68. The highest BCUT2D eigenvalue weighted by Crippen LogP contribution is 2.28. The van der Waals surface area contributed by atoms with Gasteiger partial charge in [-0.2, -0.15) is 0 Å². The van der Waals surface area contributed by atoms with Crippen LogP contribution in [0.2, 0.25) is 4.34 Å². The number of fused-ring (bicyclic) bond motifs is 1. The van der Waals surface area contributed by atoms with Gasteiger partial charge in [-0.15, -0.1) is 11.3 Å². The summed E-state index contributed by atoms with van der Waals surface area (Å²) in [5.41, 5.74) is -0.265. The number of carbonyl (C=O) groups excluding carboxylic acids is 1. The molecule has 2 rings (SSSR count). The Morgan fingerprint density at radius 2 is 2.26 bits per heavy atom. The van der Waals surface area contributed by atoms with E-state index in [1.165, 1.54) is 18.4 Å². The van der Waals surface area contributed by atoms with Crippen LogP contribution >= 0.6 is 22.9 Å². The molecule has 2 aromatic heterocycles. The molecule has 2 heterocycles. The van der Waals surface area contributed by atoms with E-state index in [4.69, 9.17) is 11.6 Å². The Morgan fingerprint density at radius 3 is 2.89 bits per heavy atom. The number of esters is 1. The number of rotatable bonds is 4. The normalized spacial score (nSPS) is 10.9. The average molecular weight is 300 g/mol. The van der Waals surface area contributed by atoms with Crippen LogP contribution in [0.15, 0.2) is 17.1 Å². The first kappa shape index (κ1) is 14.1. The molecule has 0 radical (unpaired) electrons. The standard InChI is InChI=1S/C13H14ClNO3S/c1-3-4-5-15-7-9(13(17)18-2)11(16)8-6-10(14)19-12(8)15/h6-7H,3-5H2,1-2H3. The van der Waals surface area contributed by atoms with Crippen LogP contribution in [0.1, 0.15) is 30.1 Å². The molecule has 102 valence electrons. The van der Waals surface area contributed by atoms with Crippen LogP contribution in [0.3, 0.4) is 0 Å². The lowest BCUT2D eigenvalue weighted by molar-refractivity contribution is 0.0598.